The van der Waals surface area contributed by atoms with E-state index in [1.807, 2.05) is 0 Å². The second-order valence-electron chi connectivity index (χ2n) is 4.73. The molecule has 0 bridgehead atoms. The molecule has 82 valence electrons. The summed E-state index contributed by atoms with van der Waals surface area (Å²) in [6.07, 6.45) is 0. The first kappa shape index (κ1) is 11.9. The lowest BCUT2D eigenvalue weighted by Gasteiger charge is -2.04. The van der Waals surface area contributed by atoms with Gasteiger partial charge in [-0.15, -0.1) is 11.6 Å². The topological polar surface area (TPSA) is 0 Å². The molecule has 1 aliphatic rings. The number of alkyl halides is 1. The van der Waals surface area contributed by atoms with Crippen LogP contribution >= 0.6 is 43.5 Å². The summed E-state index contributed by atoms with van der Waals surface area (Å²) in [6.45, 7) is 4.58. The molecular formula is C12H13Br2Cl. The van der Waals surface area contributed by atoms with Crippen LogP contribution < -0.4 is 0 Å². The third kappa shape index (κ3) is 2.01. The molecule has 15 heavy (non-hydrogen) atoms. The molecule has 2 atom stereocenters. The van der Waals surface area contributed by atoms with Crippen LogP contribution in [-0.4, -0.2) is 5.88 Å². The molecule has 0 N–H and O–H groups in total. The van der Waals surface area contributed by atoms with Gasteiger partial charge in [0.25, 0.3) is 0 Å². The monoisotopic (exact) mass is 350 g/mol. The lowest BCUT2D eigenvalue weighted by Crippen LogP contribution is -1.91. The van der Waals surface area contributed by atoms with E-state index in [1.165, 1.54) is 5.56 Å². The average molecular weight is 352 g/mol. The maximum absolute atomic E-state index is 5.98. The van der Waals surface area contributed by atoms with E-state index in [9.17, 15) is 0 Å². The highest BCUT2D eigenvalue weighted by Crippen LogP contribution is 2.64. The minimum Gasteiger partial charge on any atom is -0.126 e. The van der Waals surface area contributed by atoms with Crippen LogP contribution in [0.2, 0.25) is 0 Å². The first-order chi connectivity index (χ1) is 6.98. The fourth-order valence-electron chi connectivity index (χ4n) is 2.40. The Morgan fingerprint density at radius 2 is 1.93 bits per heavy atom. The van der Waals surface area contributed by atoms with Gasteiger partial charge in [0.1, 0.15) is 0 Å². The van der Waals surface area contributed by atoms with Gasteiger partial charge >= 0.3 is 0 Å². The molecule has 1 aromatic rings. The highest BCUT2D eigenvalue weighted by atomic mass is 79.9. The van der Waals surface area contributed by atoms with Gasteiger partial charge in [-0.25, -0.2) is 0 Å². The minimum absolute atomic E-state index is 0.356. The summed E-state index contributed by atoms with van der Waals surface area (Å²) in [5.41, 5.74) is 1.75. The molecule has 0 saturated heterocycles. The van der Waals surface area contributed by atoms with Gasteiger partial charge in [-0.2, -0.15) is 0 Å². The molecule has 0 amide bonds. The molecule has 2 unspecified atom stereocenters. The van der Waals surface area contributed by atoms with E-state index in [0.29, 0.717) is 17.3 Å². The lowest BCUT2D eigenvalue weighted by atomic mass is 10.0. The van der Waals surface area contributed by atoms with Gasteiger partial charge in [0.15, 0.2) is 0 Å². The van der Waals surface area contributed by atoms with Gasteiger partial charge in [-0.1, -0.05) is 19.9 Å². The zero-order chi connectivity index (χ0) is 11.2. The van der Waals surface area contributed by atoms with Gasteiger partial charge < -0.3 is 0 Å². The minimum atomic E-state index is 0.356. The Hall–Kier alpha value is 0.470. The van der Waals surface area contributed by atoms with Crippen LogP contribution in [0.3, 0.4) is 0 Å². The second kappa shape index (κ2) is 4.05. The molecule has 1 aliphatic carbocycles. The van der Waals surface area contributed by atoms with Crippen molar-refractivity contribution >= 4 is 43.5 Å². The Kier molecular flexibility index (Phi) is 3.22. The third-order valence-electron chi connectivity index (χ3n) is 3.52. The normalized spacial score (nSPS) is 27.8. The first-order valence-electron chi connectivity index (χ1n) is 4.99. The Morgan fingerprint density at radius 3 is 2.40 bits per heavy atom. The highest BCUT2D eigenvalue weighted by Gasteiger charge is 2.57. The molecule has 1 aromatic carbocycles. The third-order valence-corrected chi connectivity index (χ3v) is 5.73. The van der Waals surface area contributed by atoms with Crippen molar-refractivity contribution in [3.63, 3.8) is 0 Å². The summed E-state index contributed by atoms with van der Waals surface area (Å²) < 4.78 is 2.23. The molecule has 0 nitrogen and oxygen atoms in total. The van der Waals surface area contributed by atoms with E-state index < -0.39 is 0 Å². The molecule has 0 radical (unpaired) electrons. The molecule has 3 heteroatoms. The van der Waals surface area contributed by atoms with Gasteiger partial charge in [-0.3, -0.25) is 0 Å². The maximum Gasteiger partial charge on any atom is 0.0320 e. The predicted molar refractivity (Wildman–Crippen MR) is 72.6 cm³/mol. The van der Waals surface area contributed by atoms with Crippen LogP contribution in [0.1, 0.15) is 25.3 Å². The van der Waals surface area contributed by atoms with Crippen molar-refractivity contribution in [2.75, 3.05) is 5.88 Å². The van der Waals surface area contributed by atoms with E-state index >= 15 is 0 Å². The molecule has 1 fully saturated rings. The van der Waals surface area contributed by atoms with Crippen LogP contribution in [0.4, 0.5) is 0 Å². The van der Waals surface area contributed by atoms with E-state index in [1.54, 1.807) is 0 Å². The Balaban J connectivity index is 2.29. The highest BCUT2D eigenvalue weighted by molar-refractivity contribution is 9.13. The quantitative estimate of drug-likeness (QED) is 0.643. The van der Waals surface area contributed by atoms with Crippen LogP contribution in [0.25, 0.3) is 0 Å². The number of rotatable bonds is 2. The van der Waals surface area contributed by atoms with Crippen molar-refractivity contribution in [1.82, 2.24) is 0 Å². The fraction of sp³-hybridized carbons (Fsp3) is 0.500. The zero-order valence-electron chi connectivity index (χ0n) is 8.73. The summed E-state index contributed by atoms with van der Waals surface area (Å²) in [4.78, 5) is 0. The molecule has 2 rings (SSSR count). The lowest BCUT2D eigenvalue weighted by molar-refractivity contribution is 0.577. The van der Waals surface area contributed by atoms with Crippen LogP contribution in [0, 0.1) is 11.3 Å². The molecule has 0 aliphatic heterocycles. The smallest absolute Gasteiger partial charge is 0.0320 e. The van der Waals surface area contributed by atoms with Crippen LogP contribution in [0.15, 0.2) is 27.1 Å². The zero-order valence-corrected chi connectivity index (χ0v) is 12.7. The number of halogens is 3. The van der Waals surface area contributed by atoms with Crippen LogP contribution in [0.5, 0.6) is 0 Å². The molecule has 0 aromatic heterocycles. The van der Waals surface area contributed by atoms with Crippen LogP contribution in [-0.2, 0) is 0 Å². The SMILES string of the molecule is CC1(C)C(CCl)C1c1ccc(Br)c(Br)c1. The summed E-state index contributed by atoms with van der Waals surface area (Å²) in [5.74, 6) is 1.98. The Morgan fingerprint density at radius 1 is 1.27 bits per heavy atom. The average Bonchev–Trinajstić information content (AvgIpc) is 2.73. The summed E-state index contributed by atoms with van der Waals surface area (Å²) in [6, 6.07) is 6.48. The number of hydrogen-bond donors (Lipinski definition) is 0. The Labute approximate surface area is 113 Å². The van der Waals surface area contributed by atoms with E-state index in [-0.39, 0.29) is 0 Å². The summed E-state index contributed by atoms with van der Waals surface area (Å²) in [5, 5.41) is 0. The van der Waals surface area contributed by atoms with Crippen molar-refractivity contribution in [3.05, 3.63) is 32.7 Å². The molecular weight excluding hydrogens is 339 g/mol. The molecule has 0 spiro atoms. The number of hydrogen-bond acceptors (Lipinski definition) is 0. The fourth-order valence-corrected chi connectivity index (χ4v) is 3.62. The van der Waals surface area contributed by atoms with Gasteiger partial charge in [0.2, 0.25) is 0 Å². The van der Waals surface area contributed by atoms with E-state index in [0.717, 1.165) is 14.8 Å². The van der Waals surface area contributed by atoms with Crippen molar-refractivity contribution in [2.45, 2.75) is 19.8 Å². The van der Waals surface area contributed by atoms with Crippen molar-refractivity contribution in [3.8, 4) is 0 Å². The maximum atomic E-state index is 5.98. The Bertz CT molecular complexity index is 387. The molecule has 1 saturated carbocycles. The first-order valence-corrected chi connectivity index (χ1v) is 7.11. The standard InChI is InChI=1S/C12H13Br2Cl/c1-12(2)8(6-15)11(12)7-3-4-9(13)10(14)5-7/h3-5,8,11H,6H2,1-2H3. The van der Waals surface area contributed by atoms with Gasteiger partial charge in [0, 0.05) is 14.8 Å². The number of benzene rings is 1. The van der Waals surface area contributed by atoms with E-state index in [2.05, 4.69) is 63.9 Å². The van der Waals surface area contributed by atoms with Gasteiger partial charge in [0.05, 0.1) is 0 Å². The molecule has 0 heterocycles. The van der Waals surface area contributed by atoms with Crippen molar-refractivity contribution in [2.24, 2.45) is 11.3 Å². The van der Waals surface area contributed by atoms with Gasteiger partial charge in [-0.05, 0) is 66.8 Å². The second-order valence-corrected chi connectivity index (χ2v) is 6.75. The largest absolute Gasteiger partial charge is 0.126 e. The van der Waals surface area contributed by atoms with Crippen molar-refractivity contribution < 1.29 is 0 Å². The predicted octanol–water partition coefficient (Wildman–Crippen LogP) is 5.19. The van der Waals surface area contributed by atoms with E-state index in [4.69, 9.17) is 11.6 Å². The summed E-state index contributed by atoms with van der Waals surface area (Å²) in [7, 11) is 0. The van der Waals surface area contributed by atoms with Crippen molar-refractivity contribution in [1.29, 1.82) is 0 Å². The summed E-state index contributed by atoms with van der Waals surface area (Å²) >= 11 is 13.0.